The van der Waals surface area contributed by atoms with E-state index in [1.807, 2.05) is 19.9 Å². The van der Waals surface area contributed by atoms with Gasteiger partial charge in [0.15, 0.2) is 17.2 Å². The summed E-state index contributed by atoms with van der Waals surface area (Å²) in [7, 11) is 4.89. The molecule has 0 amide bonds. The van der Waals surface area contributed by atoms with E-state index in [4.69, 9.17) is 14.6 Å². The first kappa shape index (κ1) is 14.9. The van der Waals surface area contributed by atoms with Crippen molar-refractivity contribution in [3.8, 4) is 22.8 Å². The molecule has 0 aliphatic heterocycles. The van der Waals surface area contributed by atoms with Crippen LogP contribution < -0.4 is 9.47 Å². The van der Waals surface area contributed by atoms with E-state index in [2.05, 4.69) is 5.10 Å². The highest BCUT2D eigenvalue weighted by Crippen LogP contribution is 2.40. The van der Waals surface area contributed by atoms with Gasteiger partial charge in [-0.05, 0) is 31.5 Å². The molecular formula is C15H18N2O4. The van der Waals surface area contributed by atoms with Crippen LogP contribution in [0.3, 0.4) is 0 Å². The number of carbonyl (C=O) groups is 1. The highest BCUT2D eigenvalue weighted by atomic mass is 16.5. The molecule has 0 atom stereocenters. The first-order valence-corrected chi connectivity index (χ1v) is 6.40. The molecule has 0 fully saturated rings. The minimum absolute atomic E-state index is 0.0149. The molecule has 0 saturated heterocycles. The van der Waals surface area contributed by atoms with Gasteiger partial charge in [-0.1, -0.05) is 0 Å². The molecule has 1 aromatic heterocycles. The van der Waals surface area contributed by atoms with Crippen molar-refractivity contribution in [2.24, 2.45) is 7.05 Å². The van der Waals surface area contributed by atoms with Gasteiger partial charge in [0.25, 0.3) is 0 Å². The molecule has 1 aromatic carbocycles. The predicted octanol–water partition coefficient (Wildman–Crippen LogP) is 2.42. The average molecular weight is 290 g/mol. The lowest BCUT2D eigenvalue weighted by molar-refractivity contribution is 0.0689. The van der Waals surface area contributed by atoms with Gasteiger partial charge in [0.1, 0.15) is 0 Å². The fraction of sp³-hybridized carbons (Fsp3) is 0.333. The molecule has 0 aliphatic rings. The maximum absolute atomic E-state index is 11.1. The third kappa shape index (κ3) is 2.44. The van der Waals surface area contributed by atoms with Crippen molar-refractivity contribution in [1.82, 2.24) is 9.78 Å². The van der Waals surface area contributed by atoms with Gasteiger partial charge in [-0.2, -0.15) is 5.10 Å². The fourth-order valence-corrected chi connectivity index (χ4v) is 2.53. The van der Waals surface area contributed by atoms with Gasteiger partial charge >= 0.3 is 5.97 Å². The molecule has 6 nitrogen and oxygen atoms in total. The van der Waals surface area contributed by atoms with Gasteiger partial charge in [-0.15, -0.1) is 0 Å². The number of carboxylic acids is 1. The molecule has 21 heavy (non-hydrogen) atoms. The quantitative estimate of drug-likeness (QED) is 0.936. The Morgan fingerprint density at radius 2 is 1.90 bits per heavy atom. The summed E-state index contributed by atoms with van der Waals surface area (Å²) in [6.45, 7) is 3.86. The Balaban J connectivity index is 2.72. The van der Waals surface area contributed by atoms with E-state index in [1.54, 1.807) is 32.0 Å². The van der Waals surface area contributed by atoms with E-state index in [-0.39, 0.29) is 5.69 Å². The van der Waals surface area contributed by atoms with Crippen molar-refractivity contribution < 1.29 is 19.4 Å². The number of aryl methyl sites for hydroxylation is 2. The Morgan fingerprint density at radius 3 is 2.38 bits per heavy atom. The summed E-state index contributed by atoms with van der Waals surface area (Å²) in [5.41, 5.74) is 3.49. The number of ether oxygens (including phenoxy) is 2. The number of aromatic nitrogens is 2. The van der Waals surface area contributed by atoms with Crippen molar-refractivity contribution in [2.75, 3.05) is 14.2 Å². The molecule has 2 aromatic rings. The zero-order valence-electron chi connectivity index (χ0n) is 12.7. The molecule has 0 aliphatic carbocycles. The van der Waals surface area contributed by atoms with Gasteiger partial charge in [-0.3, -0.25) is 4.68 Å². The van der Waals surface area contributed by atoms with Crippen molar-refractivity contribution in [3.63, 3.8) is 0 Å². The molecule has 0 radical (unpaired) electrons. The van der Waals surface area contributed by atoms with Crippen molar-refractivity contribution in [1.29, 1.82) is 0 Å². The third-order valence-corrected chi connectivity index (χ3v) is 3.46. The normalized spacial score (nSPS) is 10.5. The van der Waals surface area contributed by atoms with Crippen molar-refractivity contribution >= 4 is 5.97 Å². The second-order valence-corrected chi connectivity index (χ2v) is 4.77. The van der Waals surface area contributed by atoms with Crippen molar-refractivity contribution in [3.05, 3.63) is 29.0 Å². The minimum Gasteiger partial charge on any atom is -0.493 e. The molecule has 1 N–H and O–H groups in total. The Labute approximate surface area is 122 Å². The van der Waals surface area contributed by atoms with E-state index in [1.165, 1.54) is 0 Å². The van der Waals surface area contributed by atoms with Crippen LogP contribution in [0.5, 0.6) is 11.5 Å². The number of aromatic carboxylic acids is 1. The zero-order valence-corrected chi connectivity index (χ0v) is 12.7. The molecule has 0 unspecified atom stereocenters. The Morgan fingerprint density at radius 1 is 1.24 bits per heavy atom. The molecular weight excluding hydrogens is 272 g/mol. The largest absolute Gasteiger partial charge is 0.493 e. The summed E-state index contributed by atoms with van der Waals surface area (Å²) in [5.74, 6) is 0.237. The number of carboxylic acid groups (broad SMARTS) is 1. The van der Waals surface area contributed by atoms with Gasteiger partial charge < -0.3 is 14.6 Å². The number of rotatable bonds is 4. The van der Waals surface area contributed by atoms with Crippen LogP contribution in [-0.2, 0) is 7.05 Å². The standard InChI is InChI=1S/C15H18N2O4/c1-8-6-12(20-4)14(21-5)9(2)13(8)11-7-10(15(18)19)16-17(11)3/h6-7H,1-5H3,(H,18,19). The zero-order chi connectivity index (χ0) is 15.7. The van der Waals surface area contributed by atoms with Crippen LogP contribution in [0.4, 0.5) is 0 Å². The van der Waals surface area contributed by atoms with E-state index < -0.39 is 5.97 Å². The monoisotopic (exact) mass is 290 g/mol. The number of methoxy groups -OCH3 is 2. The lowest BCUT2D eigenvalue weighted by Gasteiger charge is -2.17. The minimum atomic E-state index is -1.05. The lowest BCUT2D eigenvalue weighted by Crippen LogP contribution is -2.02. The average Bonchev–Trinajstić information content (AvgIpc) is 2.80. The third-order valence-electron chi connectivity index (χ3n) is 3.46. The number of hydrogen-bond acceptors (Lipinski definition) is 4. The molecule has 2 rings (SSSR count). The summed E-state index contributed by atoms with van der Waals surface area (Å²) < 4.78 is 12.3. The molecule has 6 heteroatoms. The second kappa shape index (κ2) is 5.47. The van der Waals surface area contributed by atoms with E-state index in [0.717, 1.165) is 22.4 Å². The molecule has 0 spiro atoms. The van der Waals surface area contributed by atoms with Crippen LogP contribution in [0, 0.1) is 13.8 Å². The highest BCUT2D eigenvalue weighted by Gasteiger charge is 2.20. The van der Waals surface area contributed by atoms with Crippen LogP contribution in [0.15, 0.2) is 12.1 Å². The van der Waals surface area contributed by atoms with Gasteiger partial charge in [0.05, 0.1) is 19.9 Å². The van der Waals surface area contributed by atoms with E-state index >= 15 is 0 Å². The van der Waals surface area contributed by atoms with E-state index in [9.17, 15) is 4.79 Å². The lowest BCUT2D eigenvalue weighted by atomic mass is 9.98. The Kier molecular flexibility index (Phi) is 3.88. The smallest absolute Gasteiger partial charge is 0.356 e. The van der Waals surface area contributed by atoms with Gasteiger partial charge in [0.2, 0.25) is 0 Å². The fourth-order valence-electron chi connectivity index (χ4n) is 2.53. The SMILES string of the molecule is COc1cc(C)c(-c2cc(C(=O)O)nn2C)c(C)c1OC. The Bertz CT molecular complexity index is 704. The van der Waals surface area contributed by atoms with Gasteiger partial charge in [0, 0.05) is 18.2 Å². The highest BCUT2D eigenvalue weighted by molar-refractivity contribution is 5.87. The molecule has 0 bridgehead atoms. The molecule has 112 valence electrons. The number of benzene rings is 1. The summed E-state index contributed by atoms with van der Waals surface area (Å²) in [4.78, 5) is 11.1. The Hall–Kier alpha value is -2.50. The summed E-state index contributed by atoms with van der Waals surface area (Å²) in [6.07, 6.45) is 0. The first-order valence-electron chi connectivity index (χ1n) is 6.40. The number of nitrogens with zero attached hydrogens (tertiary/aromatic N) is 2. The summed E-state index contributed by atoms with van der Waals surface area (Å²) >= 11 is 0. The summed E-state index contributed by atoms with van der Waals surface area (Å²) in [5, 5.41) is 13.1. The van der Waals surface area contributed by atoms with Crippen LogP contribution >= 0.6 is 0 Å². The molecule has 0 saturated carbocycles. The topological polar surface area (TPSA) is 73.6 Å². The number of hydrogen-bond donors (Lipinski definition) is 1. The van der Waals surface area contributed by atoms with Gasteiger partial charge in [-0.25, -0.2) is 4.79 Å². The van der Waals surface area contributed by atoms with Crippen LogP contribution in [0.2, 0.25) is 0 Å². The molecule has 1 heterocycles. The van der Waals surface area contributed by atoms with E-state index in [0.29, 0.717) is 11.5 Å². The van der Waals surface area contributed by atoms with Crippen LogP contribution in [0.25, 0.3) is 11.3 Å². The predicted molar refractivity (Wildman–Crippen MR) is 78.2 cm³/mol. The first-order chi connectivity index (χ1) is 9.90. The maximum Gasteiger partial charge on any atom is 0.356 e. The van der Waals surface area contributed by atoms with Crippen LogP contribution in [0.1, 0.15) is 21.6 Å². The van der Waals surface area contributed by atoms with Crippen molar-refractivity contribution in [2.45, 2.75) is 13.8 Å². The second-order valence-electron chi connectivity index (χ2n) is 4.77. The summed E-state index contributed by atoms with van der Waals surface area (Å²) in [6, 6.07) is 3.43. The maximum atomic E-state index is 11.1. The van der Waals surface area contributed by atoms with Crippen LogP contribution in [-0.4, -0.2) is 35.1 Å².